The number of hydrogen-bond acceptors (Lipinski definition) is 6. The highest BCUT2D eigenvalue weighted by molar-refractivity contribution is 7.14. The molecule has 3 aromatic rings. The normalized spacial score (nSPS) is 14.2. The number of carbonyl (C=O) groups is 3. The SMILES string of the molecule is O=C(O)CN(CC1CC1)C(=O)c1csc(NC(=O)OCC2c3ccccc3-c3ccccc32)n1. The minimum Gasteiger partial charge on any atom is -0.480 e. The number of aliphatic carboxylic acids is 1. The predicted molar refractivity (Wildman–Crippen MR) is 127 cm³/mol. The Morgan fingerprint density at radius 2 is 1.71 bits per heavy atom. The average molecular weight is 478 g/mol. The highest BCUT2D eigenvalue weighted by Crippen LogP contribution is 2.44. The lowest BCUT2D eigenvalue weighted by atomic mass is 9.98. The molecule has 0 radical (unpaired) electrons. The standard InChI is InChI=1S/C25H23N3O5S/c29-22(30)12-28(11-15-9-10-15)23(31)21-14-34-24(26-21)27-25(32)33-13-20-18-7-3-1-5-16(18)17-6-2-4-8-19(17)20/h1-8,14-15,20H,9-13H2,(H,29,30)(H,26,27,32). The number of carboxylic acid groups (broad SMARTS) is 1. The van der Waals surface area contributed by atoms with Crippen LogP contribution in [0, 0.1) is 5.92 Å². The summed E-state index contributed by atoms with van der Waals surface area (Å²) < 4.78 is 5.52. The third-order valence-electron chi connectivity index (χ3n) is 6.06. The number of ether oxygens (including phenoxy) is 1. The van der Waals surface area contributed by atoms with Gasteiger partial charge in [0.15, 0.2) is 5.13 Å². The largest absolute Gasteiger partial charge is 0.480 e. The zero-order chi connectivity index (χ0) is 23.7. The first-order valence-electron chi connectivity index (χ1n) is 11.1. The zero-order valence-corrected chi connectivity index (χ0v) is 19.1. The lowest BCUT2D eigenvalue weighted by Gasteiger charge is -2.19. The summed E-state index contributed by atoms with van der Waals surface area (Å²) in [4.78, 5) is 41.8. The number of rotatable bonds is 8. The molecule has 1 saturated carbocycles. The van der Waals surface area contributed by atoms with Crippen LogP contribution in [0.4, 0.5) is 9.93 Å². The fraction of sp³-hybridized carbons (Fsp3) is 0.280. The fourth-order valence-corrected chi connectivity index (χ4v) is 4.98. The van der Waals surface area contributed by atoms with Gasteiger partial charge in [0.25, 0.3) is 5.91 Å². The molecular weight excluding hydrogens is 454 g/mol. The van der Waals surface area contributed by atoms with Crippen molar-refractivity contribution in [1.29, 1.82) is 0 Å². The van der Waals surface area contributed by atoms with Crippen LogP contribution in [0.5, 0.6) is 0 Å². The highest BCUT2D eigenvalue weighted by Gasteiger charge is 2.30. The van der Waals surface area contributed by atoms with Crippen molar-refractivity contribution in [2.75, 3.05) is 25.0 Å². The maximum Gasteiger partial charge on any atom is 0.413 e. The Morgan fingerprint density at radius 1 is 1.06 bits per heavy atom. The molecule has 2 aromatic carbocycles. The number of anilines is 1. The number of benzene rings is 2. The number of nitrogens with one attached hydrogen (secondary N) is 1. The topological polar surface area (TPSA) is 109 Å². The molecule has 2 aliphatic carbocycles. The van der Waals surface area contributed by atoms with Crippen LogP contribution in [-0.4, -0.2) is 52.7 Å². The Bertz CT molecular complexity index is 1210. The highest BCUT2D eigenvalue weighted by atomic mass is 32.1. The number of aromatic nitrogens is 1. The first-order chi connectivity index (χ1) is 16.5. The molecule has 1 heterocycles. The van der Waals surface area contributed by atoms with Gasteiger partial charge >= 0.3 is 12.1 Å². The van der Waals surface area contributed by atoms with Gasteiger partial charge in [0, 0.05) is 17.8 Å². The van der Waals surface area contributed by atoms with Gasteiger partial charge in [-0.1, -0.05) is 48.5 Å². The molecule has 1 aromatic heterocycles. The first-order valence-corrected chi connectivity index (χ1v) is 12.0. The number of carboxylic acids is 1. The van der Waals surface area contributed by atoms with E-state index in [4.69, 9.17) is 9.84 Å². The van der Waals surface area contributed by atoms with Crippen molar-refractivity contribution >= 4 is 34.4 Å². The zero-order valence-electron chi connectivity index (χ0n) is 18.3. The molecule has 0 bridgehead atoms. The summed E-state index contributed by atoms with van der Waals surface area (Å²) in [7, 11) is 0. The van der Waals surface area contributed by atoms with E-state index < -0.39 is 18.0 Å². The van der Waals surface area contributed by atoms with Gasteiger partial charge in [0.05, 0.1) is 0 Å². The number of thiazole rings is 1. The quantitative estimate of drug-likeness (QED) is 0.497. The Hall–Kier alpha value is -3.72. The Morgan fingerprint density at radius 3 is 2.32 bits per heavy atom. The number of fused-ring (bicyclic) bond motifs is 3. The summed E-state index contributed by atoms with van der Waals surface area (Å²) in [5.74, 6) is -1.23. The summed E-state index contributed by atoms with van der Waals surface area (Å²) in [6.45, 7) is 0.199. The molecule has 2 aliphatic rings. The summed E-state index contributed by atoms with van der Waals surface area (Å²) in [6.07, 6.45) is 1.33. The van der Waals surface area contributed by atoms with E-state index in [-0.39, 0.29) is 29.9 Å². The summed E-state index contributed by atoms with van der Waals surface area (Å²) in [6, 6.07) is 16.2. The van der Waals surface area contributed by atoms with E-state index in [1.54, 1.807) is 0 Å². The van der Waals surface area contributed by atoms with Crippen LogP contribution in [0.1, 0.15) is 40.4 Å². The number of hydrogen-bond donors (Lipinski definition) is 2. The maximum absolute atomic E-state index is 12.7. The van der Waals surface area contributed by atoms with E-state index in [0.717, 1.165) is 46.4 Å². The lowest BCUT2D eigenvalue weighted by molar-refractivity contribution is -0.137. The molecule has 0 spiro atoms. The van der Waals surface area contributed by atoms with Gasteiger partial charge in [0.1, 0.15) is 18.8 Å². The molecular formula is C25H23N3O5S. The van der Waals surface area contributed by atoms with E-state index in [0.29, 0.717) is 12.5 Å². The molecule has 174 valence electrons. The Balaban J connectivity index is 1.21. The molecule has 2 amide bonds. The van der Waals surface area contributed by atoms with Crippen LogP contribution in [0.25, 0.3) is 11.1 Å². The average Bonchev–Trinajstić information content (AvgIpc) is 3.43. The van der Waals surface area contributed by atoms with Crippen molar-refractivity contribution in [2.24, 2.45) is 5.92 Å². The maximum atomic E-state index is 12.7. The molecule has 8 nitrogen and oxygen atoms in total. The molecule has 1 fully saturated rings. The molecule has 5 rings (SSSR count). The smallest absolute Gasteiger partial charge is 0.413 e. The molecule has 0 atom stereocenters. The van der Waals surface area contributed by atoms with E-state index in [1.807, 2.05) is 36.4 Å². The molecule has 34 heavy (non-hydrogen) atoms. The second-order valence-corrected chi connectivity index (χ2v) is 9.37. The van der Waals surface area contributed by atoms with Crippen LogP contribution in [0.2, 0.25) is 0 Å². The number of amides is 2. The summed E-state index contributed by atoms with van der Waals surface area (Å²) in [5.41, 5.74) is 4.64. The van der Waals surface area contributed by atoms with Gasteiger partial charge in [0.2, 0.25) is 0 Å². The first kappa shape index (κ1) is 22.1. The second kappa shape index (κ2) is 9.26. The fourth-order valence-electron chi connectivity index (χ4n) is 4.31. The van der Waals surface area contributed by atoms with Crippen molar-refractivity contribution in [3.63, 3.8) is 0 Å². The van der Waals surface area contributed by atoms with Gasteiger partial charge in [-0.2, -0.15) is 0 Å². The second-order valence-electron chi connectivity index (χ2n) is 8.51. The predicted octanol–water partition coefficient (Wildman–Crippen LogP) is 4.44. The van der Waals surface area contributed by atoms with Gasteiger partial charge in [-0.05, 0) is 41.0 Å². The van der Waals surface area contributed by atoms with Crippen molar-refractivity contribution in [1.82, 2.24) is 9.88 Å². The summed E-state index contributed by atoms with van der Waals surface area (Å²) >= 11 is 1.09. The number of carbonyl (C=O) groups excluding carboxylic acids is 2. The van der Waals surface area contributed by atoms with Crippen LogP contribution >= 0.6 is 11.3 Å². The molecule has 0 aliphatic heterocycles. The third kappa shape index (κ3) is 4.65. The minimum atomic E-state index is -1.07. The van der Waals surface area contributed by atoms with Gasteiger partial charge in [-0.3, -0.25) is 14.9 Å². The van der Waals surface area contributed by atoms with Crippen molar-refractivity contribution in [3.8, 4) is 11.1 Å². The van der Waals surface area contributed by atoms with Crippen LogP contribution in [-0.2, 0) is 9.53 Å². The van der Waals surface area contributed by atoms with Gasteiger partial charge in [-0.25, -0.2) is 9.78 Å². The van der Waals surface area contributed by atoms with Crippen molar-refractivity contribution < 1.29 is 24.2 Å². The Labute approximate surface area is 200 Å². The molecule has 0 saturated heterocycles. The van der Waals surface area contributed by atoms with Crippen LogP contribution < -0.4 is 5.32 Å². The molecule has 0 unspecified atom stereocenters. The van der Waals surface area contributed by atoms with E-state index >= 15 is 0 Å². The van der Waals surface area contributed by atoms with Crippen molar-refractivity contribution in [3.05, 3.63) is 70.7 Å². The summed E-state index contributed by atoms with van der Waals surface area (Å²) in [5, 5.41) is 13.4. The van der Waals surface area contributed by atoms with Crippen LogP contribution in [0.3, 0.4) is 0 Å². The molecule has 9 heteroatoms. The Kier molecular flexibility index (Phi) is 6.02. The molecule has 2 N–H and O–H groups in total. The van der Waals surface area contributed by atoms with E-state index in [9.17, 15) is 14.4 Å². The lowest BCUT2D eigenvalue weighted by Crippen LogP contribution is -2.37. The van der Waals surface area contributed by atoms with Crippen LogP contribution in [0.15, 0.2) is 53.9 Å². The number of nitrogens with zero attached hydrogens (tertiary/aromatic N) is 2. The van der Waals surface area contributed by atoms with E-state index in [1.165, 1.54) is 10.3 Å². The van der Waals surface area contributed by atoms with Gasteiger partial charge < -0.3 is 14.7 Å². The van der Waals surface area contributed by atoms with Crippen molar-refractivity contribution in [2.45, 2.75) is 18.8 Å². The third-order valence-corrected chi connectivity index (χ3v) is 6.82. The minimum absolute atomic E-state index is 0.0569. The van der Waals surface area contributed by atoms with E-state index in [2.05, 4.69) is 22.4 Å². The monoisotopic (exact) mass is 477 g/mol. The van der Waals surface area contributed by atoms with Gasteiger partial charge in [-0.15, -0.1) is 11.3 Å².